The van der Waals surface area contributed by atoms with Gasteiger partial charge in [-0.05, 0) is 134 Å². The molecule has 2 atom stereocenters. The zero-order valence-corrected chi connectivity index (χ0v) is 21.5. The van der Waals surface area contributed by atoms with Crippen LogP contribution in [0.3, 0.4) is 0 Å². The molecule has 3 fully saturated rings. The molecular weight excluding hydrogens is 435 g/mol. The highest BCUT2D eigenvalue weighted by Gasteiger charge is 2.46. The molecule has 0 heterocycles. The van der Waals surface area contributed by atoms with Crippen molar-refractivity contribution in [1.82, 2.24) is 0 Å². The molecule has 0 N–H and O–H groups in total. The molecule has 2 unspecified atom stereocenters. The molecule has 0 saturated heterocycles. The molecule has 3 heteroatoms. The average Bonchev–Trinajstić information content (AvgIpc) is 3.46. The first-order valence-corrected chi connectivity index (χ1v) is 12.9. The molecule has 0 radical (unpaired) electrons. The highest BCUT2D eigenvalue weighted by Crippen LogP contribution is 2.57. The second-order valence-corrected chi connectivity index (χ2v) is 11.1. The minimum absolute atomic E-state index is 0.316. The van der Waals surface area contributed by atoms with Gasteiger partial charge in [-0.2, -0.15) is 0 Å². The van der Waals surface area contributed by atoms with Gasteiger partial charge in [-0.3, -0.25) is 0 Å². The Bertz CT molecular complexity index is 1170. The van der Waals surface area contributed by atoms with Gasteiger partial charge < -0.3 is 9.47 Å². The Balaban J connectivity index is 1.22. The van der Waals surface area contributed by atoms with Gasteiger partial charge in [-0.25, -0.2) is 4.39 Å². The Kier molecular flexibility index (Phi) is 6.38. The molecule has 3 aliphatic carbocycles. The van der Waals surface area contributed by atoms with E-state index in [0.29, 0.717) is 32.0 Å². The fourth-order valence-electron chi connectivity index (χ4n) is 6.20. The lowest BCUT2D eigenvalue weighted by atomic mass is 9.74. The molecular formula is C32H37FO2. The van der Waals surface area contributed by atoms with Gasteiger partial charge in [0.15, 0.2) is 0 Å². The fraction of sp³-hybridized carbons (Fsp3) is 0.438. The maximum atomic E-state index is 13.7. The van der Waals surface area contributed by atoms with Crippen LogP contribution in [0, 0.1) is 31.6 Å². The molecule has 3 aliphatic rings. The summed E-state index contributed by atoms with van der Waals surface area (Å²) in [5.41, 5.74) is 7.77. The quantitative estimate of drug-likeness (QED) is 0.359. The maximum absolute atomic E-state index is 13.7. The van der Waals surface area contributed by atoms with Gasteiger partial charge in [0.05, 0.1) is 6.61 Å². The first-order chi connectivity index (χ1) is 16.7. The summed E-state index contributed by atoms with van der Waals surface area (Å²) in [7, 11) is 0. The number of alkyl halides is 1. The van der Waals surface area contributed by atoms with Crippen LogP contribution in [0.4, 0.5) is 4.39 Å². The SMILES string of the molecule is C=C(/C=C1/CC2CC2/C1=C/C)OCc1cccc(-c2c(C)cc(OCC3CC(C)(F)C3)cc2C)c1. The highest BCUT2D eigenvalue weighted by molar-refractivity contribution is 5.72. The Morgan fingerprint density at radius 2 is 1.91 bits per heavy atom. The van der Waals surface area contributed by atoms with E-state index in [1.165, 1.54) is 39.8 Å². The molecule has 35 heavy (non-hydrogen) atoms. The number of halogens is 1. The van der Waals surface area contributed by atoms with Crippen molar-refractivity contribution in [1.29, 1.82) is 0 Å². The minimum Gasteiger partial charge on any atom is -0.493 e. The first kappa shape index (κ1) is 23.9. The van der Waals surface area contributed by atoms with E-state index in [9.17, 15) is 4.39 Å². The lowest BCUT2D eigenvalue weighted by molar-refractivity contribution is 0.00241. The molecule has 0 aromatic heterocycles. The van der Waals surface area contributed by atoms with Crippen molar-refractivity contribution in [3.05, 3.63) is 88.7 Å². The van der Waals surface area contributed by atoms with E-state index in [2.05, 4.69) is 75.9 Å². The second kappa shape index (κ2) is 9.33. The van der Waals surface area contributed by atoms with Crippen molar-refractivity contribution >= 4 is 0 Å². The van der Waals surface area contributed by atoms with Crippen molar-refractivity contribution in [3.8, 4) is 16.9 Å². The van der Waals surface area contributed by atoms with Gasteiger partial charge in [0, 0.05) is 0 Å². The predicted molar refractivity (Wildman–Crippen MR) is 141 cm³/mol. The molecule has 0 amide bonds. The van der Waals surface area contributed by atoms with Crippen LogP contribution < -0.4 is 4.74 Å². The molecule has 2 nitrogen and oxygen atoms in total. The largest absolute Gasteiger partial charge is 0.493 e. The standard InChI is InChI=1S/C32H37FO2/c1-6-29-26(14-27-15-30(27)29)12-22(4)34-18-23-8-7-9-25(13-23)31-20(2)10-28(11-21(31)3)35-19-24-16-32(5,33)17-24/h6-13,24,27,30H,4,14-19H2,1-3,5H3/b26-12-,29-6+. The predicted octanol–water partition coefficient (Wildman–Crippen LogP) is 8.43. The van der Waals surface area contributed by atoms with E-state index < -0.39 is 5.67 Å². The number of benzene rings is 2. The smallest absolute Gasteiger partial charge is 0.119 e. The molecule has 0 spiro atoms. The number of allylic oxidation sites excluding steroid dienone is 4. The number of fused-ring (bicyclic) bond motifs is 1. The summed E-state index contributed by atoms with van der Waals surface area (Å²) < 4.78 is 25.8. The van der Waals surface area contributed by atoms with Gasteiger partial charge in [0.1, 0.15) is 23.8 Å². The third-order valence-electron chi connectivity index (χ3n) is 7.88. The fourth-order valence-corrected chi connectivity index (χ4v) is 6.20. The molecule has 2 aromatic carbocycles. The Labute approximate surface area is 209 Å². The Morgan fingerprint density at radius 1 is 1.17 bits per heavy atom. The first-order valence-electron chi connectivity index (χ1n) is 12.9. The van der Waals surface area contributed by atoms with Gasteiger partial charge in [-0.15, -0.1) is 0 Å². The van der Waals surface area contributed by atoms with E-state index in [4.69, 9.17) is 9.47 Å². The van der Waals surface area contributed by atoms with E-state index in [-0.39, 0.29) is 0 Å². The van der Waals surface area contributed by atoms with Crippen LogP contribution in [-0.4, -0.2) is 12.3 Å². The van der Waals surface area contributed by atoms with E-state index in [0.717, 1.165) is 35.3 Å². The summed E-state index contributed by atoms with van der Waals surface area (Å²) in [5, 5.41) is 0. The van der Waals surface area contributed by atoms with Gasteiger partial charge >= 0.3 is 0 Å². The van der Waals surface area contributed by atoms with Crippen LogP contribution in [0.5, 0.6) is 5.75 Å². The normalized spacial score (nSPS) is 29.1. The van der Waals surface area contributed by atoms with E-state index in [1.807, 2.05) is 0 Å². The molecule has 2 aromatic rings. The Morgan fingerprint density at radius 3 is 2.60 bits per heavy atom. The lowest BCUT2D eigenvalue weighted by Gasteiger charge is -2.38. The van der Waals surface area contributed by atoms with E-state index >= 15 is 0 Å². The summed E-state index contributed by atoms with van der Waals surface area (Å²) in [5.74, 6) is 3.55. The lowest BCUT2D eigenvalue weighted by Crippen LogP contribution is -2.39. The Hall–Kier alpha value is -2.81. The summed E-state index contributed by atoms with van der Waals surface area (Å²) in [6.45, 7) is 13.3. The third kappa shape index (κ3) is 5.24. The van der Waals surface area contributed by atoms with Gasteiger partial charge in [0.2, 0.25) is 0 Å². The molecule has 3 saturated carbocycles. The van der Waals surface area contributed by atoms with Crippen molar-refractivity contribution in [2.24, 2.45) is 17.8 Å². The number of rotatable bonds is 8. The topological polar surface area (TPSA) is 18.5 Å². The van der Waals surface area contributed by atoms with Crippen molar-refractivity contribution in [2.45, 2.75) is 65.7 Å². The highest BCUT2D eigenvalue weighted by atomic mass is 19.1. The number of hydrogen-bond acceptors (Lipinski definition) is 2. The second-order valence-electron chi connectivity index (χ2n) is 11.1. The number of ether oxygens (including phenoxy) is 2. The zero-order valence-electron chi connectivity index (χ0n) is 21.5. The van der Waals surface area contributed by atoms with Crippen molar-refractivity contribution in [2.75, 3.05) is 6.61 Å². The molecule has 184 valence electrons. The van der Waals surface area contributed by atoms with Crippen LogP contribution in [0.1, 0.15) is 56.2 Å². The van der Waals surface area contributed by atoms with Gasteiger partial charge in [0.25, 0.3) is 0 Å². The summed E-state index contributed by atoms with van der Waals surface area (Å²) >= 11 is 0. The van der Waals surface area contributed by atoms with Crippen LogP contribution in [-0.2, 0) is 11.3 Å². The monoisotopic (exact) mass is 472 g/mol. The molecule has 5 rings (SSSR count). The van der Waals surface area contributed by atoms with Crippen LogP contribution in [0.25, 0.3) is 11.1 Å². The zero-order chi connectivity index (χ0) is 24.7. The van der Waals surface area contributed by atoms with Crippen LogP contribution >= 0.6 is 0 Å². The number of hydrogen-bond donors (Lipinski definition) is 0. The van der Waals surface area contributed by atoms with Crippen LogP contribution in [0.15, 0.2) is 72.0 Å². The van der Waals surface area contributed by atoms with Crippen molar-refractivity contribution < 1.29 is 13.9 Å². The third-order valence-corrected chi connectivity index (χ3v) is 7.88. The average molecular weight is 473 g/mol. The van der Waals surface area contributed by atoms with E-state index in [1.54, 1.807) is 6.92 Å². The molecule has 0 aliphatic heterocycles. The number of aryl methyl sites for hydroxylation is 2. The van der Waals surface area contributed by atoms with Crippen LogP contribution in [0.2, 0.25) is 0 Å². The minimum atomic E-state index is -1.01. The summed E-state index contributed by atoms with van der Waals surface area (Å²) in [6.07, 6.45) is 8.10. The molecule has 0 bridgehead atoms. The summed E-state index contributed by atoms with van der Waals surface area (Å²) in [6, 6.07) is 12.7. The van der Waals surface area contributed by atoms with Gasteiger partial charge in [-0.1, -0.05) is 30.9 Å². The summed E-state index contributed by atoms with van der Waals surface area (Å²) in [4.78, 5) is 0. The maximum Gasteiger partial charge on any atom is 0.119 e. The van der Waals surface area contributed by atoms with Crippen molar-refractivity contribution in [3.63, 3.8) is 0 Å².